The SMILES string of the molecule is O=S(=O)(/C=C\c1ccc(Br)cc1)Cc1ccccc1Cl. The molecule has 5 heteroatoms. The summed E-state index contributed by atoms with van der Waals surface area (Å²) in [6.07, 6.45) is 1.58. The number of sulfone groups is 1. The zero-order valence-corrected chi connectivity index (χ0v) is 13.6. The second-order valence-corrected chi connectivity index (χ2v) is 7.46. The van der Waals surface area contributed by atoms with Crippen LogP contribution in [0, 0.1) is 0 Å². The van der Waals surface area contributed by atoms with Crippen molar-refractivity contribution >= 4 is 43.4 Å². The van der Waals surface area contributed by atoms with Crippen LogP contribution in [0.4, 0.5) is 0 Å². The lowest BCUT2D eigenvalue weighted by atomic mass is 10.2. The molecule has 0 saturated heterocycles. The normalized spacial score (nSPS) is 11.9. The lowest BCUT2D eigenvalue weighted by Gasteiger charge is -2.02. The van der Waals surface area contributed by atoms with Crippen molar-refractivity contribution in [1.82, 2.24) is 0 Å². The lowest BCUT2D eigenvalue weighted by Crippen LogP contribution is -2.00. The topological polar surface area (TPSA) is 34.1 Å². The summed E-state index contributed by atoms with van der Waals surface area (Å²) < 4.78 is 25.0. The molecule has 2 aromatic rings. The highest BCUT2D eigenvalue weighted by Gasteiger charge is 2.10. The van der Waals surface area contributed by atoms with E-state index in [2.05, 4.69) is 15.9 Å². The largest absolute Gasteiger partial charge is 0.224 e. The Balaban J connectivity index is 2.15. The van der Waals surface area contributed by atoms with Gasteiger partial charge in [-0.2, -0.15) is 0 Å². The van der Waals surface area contributed by atoms with Gasteiger partial charge in [-0.1, -0.05) is 57.9 Å². The van der Waals surface area contributed by atoms with Gasteiger partial charge in [0.25, 0.3) is 0 Å². The van der Waals surface area contributed by atoms with E-state index in [-0.39, 0.29) is 5.75 Å². The summed E-state index contributed by atoms with van der Waals surface area (Å²) in [5.74, 6) is -0.0975. The van der Waals surface area contributed by atoms with Crippen molar-refractivity contribution in [1.29, 1.82) is 0 Å². The van der Waals surface area contributed by atoms with Crippen molar-refractivity contribution in [2.24, 2.45) is 0 Å². The molecule has 0 spiro atoms. The Labute approximate surface area is 132 Å². The predicted octanol–water partition coefficient (Wildman–Crippen LogP) is 4.69. The van der Waals surface area contributed by atoms with E-state index >= 15 is 0 Å². The van der Waals surface area contributed by atoms with Gasteiger partial charge < -0.3 is 0 Å². The molecule has 0 heterocycles. The van der Waals surface area contributed by atoms with Gasteiger partial charge in [-0.3, -0.25) is 0 Å². The van der Waals surface area contributed by atoms with Crippen LogP contribution in [0.15, 0.2) is 58.4 Å². The Morgan fingerprint density at radius 2 is 1.70 bits per heavy atom. The fourth-order valence-electron chi connectivity index (χ4n) is 1.64. The average molecular weight is 372 g/mol. The van der Waals surface area contributed by atoms with Crippen LogP contribution in [0.2, 0.25) is 5.02 Å². The van der Waals surface area contributed by atoms with Gasteiger partial charge in [0.05, 0.1) is 5.75 Å². The molecule has 104 valence electrons. The zero-order valence-electron chi connectivity index (χ0n) is 10.5. The zero-order chi connectivity index (χ0) is 14.6. The van der Waals surface area contributed by atoms with Crippen molar-refractivity contribution in [2.75, 3.05) is 0 Å². The molecular weight excluding hydrogens is 360 g/mol. The maximum atomic E-state index is 12.0. The van der Waals surface area contributed by atoms with Crippen LogP contribution in [0.3, 0.4) is 0 Å². The van der Waals surface area contributed by atoms with E-state index in [1.165, 1.54) is 5.41 Å². The van der Waals surface area contributed by atoms with Crippen LogP contribution in [0.1, 0.15) is 11.1 Å². The van der Waals surface area contributed by atoms with E-state index < -0.39 is 9.84 Å². The molecule has 0 bridgehead atoms. The molecule has 0 saturated carbocycles. The number of hydrogen-bond donors (Lipinski definition) is 0. The van der Waals surface area contributed by atoms with Gasteiger partial charge in [-0.25, -0.2) is 8.42 Å². The summed E-state index contributed by atoms with van der Waals surface area (Å²) in [7, 11) is -3.34. The molecule has 0 N–H and O–H groups in total. The molecule has 0 aliphatic heterocycles. The molecule has 0 aromatic heterocycles. The predicted molar refractivity (Wildman–Crippen MR) is 87.3 cm³/mol. The van der Waals surface area contributed by atoms with Gasteiger partial charge in [0, 0.05) is 14.9 Å². The number of halogens is 2. The molecule has 0 radical (unpaired) electrons. The summed E-state index contributed by atoms with van der Waals surface area (Å²) in [5, 5.41) is 1.69. The second-order valence-electron chi connectivity index (χ2n) is 4.25. The number of rotatable bonds is 4. The molecular formula is C15H12BrClO2S. The minimum atomic E-state index is -3.34. The van der Waals surface area contributed by atoms with Crippen molar-refractivity contribution in [2.45, 2.75) is 5.75 Å². The fraction of sp³-hybridized carbons (Fsp3) is 0.0667. The molecule has 2 nitrogen and oxygen atoms in total. The molecule has 2 aromatic carbocycles. The van der Waals surface area contributed by atoms with Gasteiger partial charge in [-0.05, 0) is 35.4 Å². The highest BCUT2D eigenvalue weighted by Crippen LogP contribution is 2.19. The Morgan fingerprint density at radius 1 is 1.05 bits per heavy atom. The molecule has 0 unspecified atom stereocenters. The van der Waals surface area contributed by atoms with Gasteiger partial charge in [0.15, 0.2) is 9.84 Å². The summed E-state index contributed by atoms with van der Waals surface area (Å²) >= 11 is 9.30. The van der Waals surface area contributed by atoms with Crippen LogP contribution >= 0.6 is 27.5 Å². The molecule has 2 rings (SSSR count). The van der Waals surface area contributed by atoms with Gasteiger partial charge in [0.2, 0.25) is 0 Å². The van der Waals surface area contributed by atoms with Crippen LogP contribution in [-0.2, 0) is 15.6 Å². The molecule has 0 fully saturated rings. The summed E-state index contributed by atoms with van der Waals surface area (Å²) in [6, 6.07) is 14.3. The monoisotopic (exact) mass is 370 g/mol. The fourth-order valence-corrected chi connectivity index (χ4v) is 3.33. The lowest BCUT2D eigenvalue weighted by molar-refractivity contribution is 0.604. The second kappa shape index (κ2) is 6.57. The van der Waals surface area contributed by atoms with Crippen LogP contribution in [-0.4, -0.2) is 8.42 Å². The van der Waals surface area contributed by atoms with E-state index in [0.29, 0.717) is 10.6 Å². The maximum Gasteiger partial charge on any atom is 0.175 e. The minimum absolute atomic E-state index is 0.0975. The quantitative estimate of drug-likeness (QED) is 0.781. The summed E-state index contributed by atoms with van der Waals surface area (Å²) in [6.45, 7) is 0. The van der Waals surface area contributed by atoms with Crippen molar-refractivity contribution in [3.05, 3.63) is 74.6 Å². The van der Waals surface area contributed by atoms with Gasteiger partial charge >= 0.3 is 0 Å². The van der Waals surface area contributed by atoms with Crippen molar-refractivity contribution in [3.8, 4) is 0 Å². The van der Waals surface area contributed by atoms with Crippen LogP contribution < -0.4 is 0 Å². The van der Waals surface area contributed by atoms with E-state index in [1.54, 1.807) is 30.3 Å². The average Bonchev–Trinajstić information content (AvgIpc) is 2.41. The Kier molecular flexibility index (Phi) is 5.02. The highest BCUT2D eigenvalue weighted by molar-refractivity contribution is 9.10. The molecule has 0 aliphatic carbocycles. The smallest absolute Gasteiger partial charge is 0.175 e. The molecule has 0 aliphatic rings. The van der Waals surface area contributed by atoms with Crippen LogP contribution in [0.25, 0.3) is 6.08 Å². The first-order valence-electron chi connectivity index (χ1n) is 5.86. The number of hydrogen-bond acceptors (Lipinski definition) is 2. The maximum absolute atomic E-state index is 12.0. The highest BCUT2D eigenvalue weighted by atomic mass is 79.9. The van der Waals surface area contributed by atoms with Crippen molar-refractivity contribution in [3.63, 3.8) is 0 Å². The van der Waals surface area contributed by atoms with Crippen molar-refractivity contribution < 1.29 is 8.42 Å². The Bertz CT molecular complexity index is 722. The van der Waals surface area contributed by atoms with E-state index in [4.69, 9.17) is 11.6 Å². The third-order valence-corrected chi connectivity index (χ3v) is 4.81. The summed E-state index contributed by atoms with van der Waals surface area (Å²) in [4.78, 5) is 0. The van der Waals surface area contributed by atoms with Gasteiger partial charge in [-0.15, -0.1) is 0 Å². The third kappa shape index (κ3) is 4.47. The standard InChI is InChI=1S/C15H12BrClO2S/c16-14-7-5-12(6-8-14)9-10-20(18,19)11-13-3-1-2-4-15(13)17/h1-10H,11H2/b10-9-. The van der Waals surface area contributed by atoms with E-state index in [0.717, 1.165) is 10.0 Å². The van der Waals surface area contributed by atoms with E-state index in [1.807, 2.05) is 24.3 Å². The first-order chi connectivity index (χ1) is 9.46. The first kappa shape index (κ1) is 15.3. The Hall–Kier alpha value is -1.10. The molecule has 0 amide bonds. The van der Waals surface area contributed by atoms with Gasteiger partial charge in [0.1, 0.15) is 0 Å². The number of benzene rings is 2. The molecule has 0 atom stereocenters. The van der Waals surface area contributed by atoms with E-state index in [9.17, 15) is 8.42 Å². The van der Waals surface area contributed by atoms with Crippen LogP contribution in [0.5, 0.6) is 0 Å². The third-order valence-electron chi connectivity index (χ3n) is 2.65. The first-order valence-corrected chi connectivity index (χ1v) is 8.75. The Morgan fingerprint density at radius 3 is 2.35 bits per heavy atom. The summed E-state index contributed by atoms with van der Waals surface area (Å²) in [5.41, 5.74) is 1.44. The molecule has 20 heavy (non-hydrogen) atoms. The minimum Gasteiger partial charge on any atom is -0.224 e.